The van der Waals surface area contributed by atoms with Gasteiger partial charge in [-0.1, -0.05) is 25.1 Å². The van der Waals surface area contributed by atoms with Crippen LogP contribution in [0.2, 0.25) is 0 Å². The molecule has 0 spiro atoms. The van der Waals surface area contributed by atoms with E-state index in [1.807, 2.05) is 49.4 Å². The molecule has 0 unspecified atom stereocenters. The number of ether oxygens (including phenoxy) is 1. The molecule has 6 rings (SSSR count). The van der Waals surface area contributed by atoms with Crippen LogP contribution in [0.5, 0.6) is 5.75 Å². The molecule has 9 heteroatoms. The zero-order valence-corrected chi connectivity index (χ0v) is 21.7. The molecule has 2 aromatic carbocycles. The molecule has 0 radical (unpaired) electrons. The van der Waals surface area contributed by atoms with Gasteiger partial charge in [-0.3, -0.25) is 4.79 Å². The highest BCUT2D eigenvalue weighted by Gasteiger charge is 2.27. The molecule has 1 fully saturated rings. The van der Waals surface area contributed by atoms with Gasteiger partial charge < -0.3 is 24.5 Å². The third-order valence-corrected chi connectivity index (χ3v) is 7.46. The molecular weight excluding hydrogens is 495 g/mol. The van der Waals surface area contributed by atoms with E-state index in [0.29, 0.717) is 71.9 Å². The van der Waals surface area contributed by atoms with Crippen LogP contribution < -0.4 is 9.64 Å². The van der Waals surface area contributed by atoms with Gasteiger partial charge in [-0.25, -0.2) is 9.37 Å². The number of nitriles is 1. The van der Waals surface area contributed by atoms with Crippen LogP contribution in [0.15, 0.2) is 54.7 Å². The Balaban J connectivity index is 1.30. The van der Waals surface area contributed by atoms with Crippen molar-refractivity contribution in [2.45, 2.75) is 13.3 Å². The van der Waals surface area contributed by atoms with E-state index in [1.54, 1.807) is 24.3 Å². The lowest BCUT2D eigenvalue weighted by atomic mass is 9.96. The van der Waals surface area contributed by atoms with Crippen LogP contribution >= 0.6 is 0 Å². The van der Waals surface area contributed by atoms with Gasteiger partial charge in [0.2, 0.25) is 0 Å². The number of amides is 1. The summed E-state index contributed by atoms with van der Waals surface area (Å²) in [4.78, 5) is 28.0. The number of aromatic nitrogens is 3. The van der Waals surface area contributed by atoms with Crippen molar-refractivity contribution >= 4 is 33.5 Å². The second-order valence-electron chi connectivity index (χ2n) is 9.59. The fourth-order valence-electron chi connectivity index (χ4n) is 5.39. The minimum Gasteiger partial charge on any atom is -0.496 e. The number of fused-ring (bicyclic) bond motifs is 2. The van der Waals surface area contributed by atoms with Gasteiger partial charge in [-0.05, 0) is 47.9 Å². The van der Waals surface area contributed by atoms with E-state index in [9.17, 15) is 10.1 Å². The van der Waals surface area contributed by atoms with Gasteiger partial charge in [0.1, 0.15) is 29.0 Å². The quantitative estimate of drug-likeness (QED) is 0.328. The number of aryl methyl sites for hydroxylation is 1. The number of anilines is 1. The number of carbonyl (C=O) groups is 1. The molecule has 0 aliphatic carbocycles. The van der Waals surface area contributed by atoms with Crippen LogP contribution in [0.25, 0.3) is 33.1 Å². The molecule has 1 saturated heterocycles. The second kappa shape index (κ2) is 9.80. The number of rotatable bonds is 5. The standard InChI is InChI=1S/C30H27FN6O2/c1-3-18-14-21(20-6-4-5-7-26(20)39-2)22-16-23(34-28(22)27(18)31)30(38)37-12-10-36(11-13-37)25-15-19-8-9-33-29(19)35-24(25)17-32/h4-9,14-16,34H,3,10-13H2,1-2H3,(H,33,35). The monoisotopic (exact) mass is 522 g/mol. The van der Waals surface area contributed by atoms with Crippen LogP contribution in [0.1, 0.15) is 28.7 Å². The molecular formula is C30H27FN6O2. The minimum absolute atomic E-state index is 0.186. The number of pyridine rings is 1. The van der Waals surface area contributed by atoms with Crippen molar-refractivity contribution in [3.8, 4) is 22.9 Å². The summed E-state index contributed by atoms with van der Waals surface area (Å²) in [5.41, 5.74) is 4.68. The molecule has 0 bridgehead atoms. The molecule has 2 N–H and O–H groups in total. The summed E-state index contributed by atoms with van der Waals surface area (Å²) in [6.07, 6.45) is 2.31. The van der Waals surface area contributed by atoms with E-state index in [1.165, 1.54) is 0 Å². The summed E-state index contributed by atoms with van der Waals surface area (Å²) in [7, 11) is 1.61. The van der Waals surface area contributed by atoms with Crippen molar-refractivity contribution in [2.75, 3.05) is 38.2 Å². The third-order valence-electron chi connectivity index (χ3n) is 7.46. The Morgan fingerprint density at radius 2 is 1.92 bits per heavy atom. The lowest BCUT2D eigenvalue weighted by Crippen LogP contribution is -2.49. The van der Waals surface area contributed by atoms with Crippen molar-refractivity contribution in [3.63, 3.8) is 0 Å². The van der Waals surface area contributed by atoms with E-state index in [2.05, 4.69) is 25.9 Å². The minimum atomic E-state index is -0.341. The zero-order valence-electron chi connectivity index (χ0n) is 21.7. The predicted octanol–water partition coefficient (Wildman–Crippen LogP) is 5.26. The van der Waals surface area contributed by atoms with Crippen molar-refractivity contribution in [2.24, 2.45) is 0 Å². The molecule has 3 aromatic heterocycles. The Morgan fingerprint density at radius 1 is 1.13 bits per heavy atom. The summed E-state index contributed by atoms with van der Waals surface area (Å²) in [5, 5.41) is 11.2. The average Bonchev–Trinajstić information content (AvgIpc) is 3.64. The normalized spacial score (nSPS) is 13.7. The van der Waals surface area contributed by atoms with E-state index < -0.39 is 0 Å². The summed E-state index contributed by atoms with van der Waals surface area (Å²) in [6.45, 7) is 3.95. The molecule has 0 saturated carbocycles. The number of benzene rings is 2. The Labute approximate surface area is 224 Å². The maximum absolute atomic E-state index is 15.4. The Hall–Kier alpha value is -4.84. The highest BCUT2D eigenvalue weighted by molar-refractivity contribution is 6.04. The van der Waals surface area contributed by atoms with E-state index in [0.717, 1.165) is 22.2 Å². The number of nitrogens with one attached hydrogen (secondary N) is 2. The number of H-pyrrole nitrogens is 2. The second-order valence-corrected chi connectivity index (χ2v) is 9.59. The van der Waals surface area contributed by atoms with Gasteiger partial charge in [0.25, 0.3) is 5.91 Å². The molecule has 39 heavy (non-hydrogen) atoms. The fraction of sp³-hybridized carbons (Fsp3) is 0.233. The summed E-state index contributed by atoms with van der Waals surface area (Å²) >= 11 is 0. The van der Waals surface area contributed by atoms with Gasteiger partial charge in [-0.15, -0.1) is 0 Å². The Kier molecular flexibility index (Phi) is 6.15. The number of methoxy groups -OCH3 is 1. The SMILES string of the molecule is CCc1cc(-c2ccccc2OC)c2cc(C(=O)N3CCN(c4cc5cc[nH]c5nc4C#N)CC3)[nH]c2c1F. The highest BCUT2D eigenvalue weighted by Crippen LogP contribution is 2.38. The van der Waals surface area contributed by atoms with Crippen LogP contribution in [-0.2, 0) is 6.42 Å². The van der Waals surface area contributed by atoms with Crippen LogP contribution in [0.3, 0.4) is 0 Å². The fourth-order valence-corrected chi connectivity index (χ4v) is 5.39. The number of hydrogen-bond donors (Lipinski definition) is 2. The lowest BCUT2D eigenvalue weighted by Gasteiger charge is -2.36. The highest BCUT2D eigenvalue weighted by atomic mass is 19.1. The van der Waals surface area contributed by atoms with E-state index in [4.69, 9.17) is 4.74 Å². The number of halogens is 1. The molecule has 1 amide bonds. The Morgan fingerprint density at radius 3 is 2.67 bits per heavy atom. The van der Waals surface area contributed by atoms with Crippen molar-refractivity contribution in [3.05, 3.63) is 77.5 Å². The molecule has 8 nitrogen and oxygen atoms in total. The molecule has 196 valence electrons. The van der Waals surface area contributed by atoms with E-state index >= 15 is 4.39 Å². The van der Waals surface area contributed by atoms with Crippen molar-refractivity contribution in [1.82, 2.24) is 19.9 Å². The molecule has 1 aliphatic rings. The van der Waals surface area contributed by atoms with Crippen LogP contribution in [-0.4, -0.2) is 59.0 Å². The molecule has 4 heterocycles. The maximum atomic E-state index is 15.4. The number of hydrogen-bond acceptors (Lipinski definition) is 5. The van der Waals surface area contributed by atoms with Crippen molar-refractivity contribution in [1.29, 1.82) is 5.26 Å². The van der Waals surface area contributed by atoms with Crippen LogP contribution in [0.4, 0.5) is 10.1 Å². The lowest BCUT2D eigenvalue weighted by molar-refractivity contribution is 0.0742. The first-order chi connectivity index (χ1) is 19.0. The summed E-state index contributed by atoms with van der Waals surface area (Å²) in [6, 6.07) is 17.3. The summed E-state index contributed by atoms with van der Waals surface area (Å²) < 4.78 is 21.0. The summed E-state index contributed by atoms with van der Waals surface area (Å²) in [5.74, 6) is 0.155. The predicted molar refractivity (Wildman–Crippen MR) is 149 cm³/mol. The molecule has 5 aromatic rings. The number of para-hydroxylation sites is 1. The van der Waals surface area contributed by atoms with E-state index in [-0.39, 0.29) is 11.7 Å². The topological polar surface area (TPSA) is 101 Å². The van der Waals surface area contributed by atoms with Gasteiger partial charge in [0, 0.05) is 48.7 Å². The molecule has 0 atom stereocenters. The number of nitrogens with zero attached hydrogens (tertiary/aromatic N) is 4. The first-order valence-electron chi connectivity index (χ1n) is 12.9. The zero-order chi connectivity index (χ0) is 27.1. The number of piperazine rings is 1. The Bertz CT molecular complexity index is 1760. The number of aromatic amines is 2. The van der Waals surface area contributed by atoms with Crippen LogP contribution in [0, 0.1) is 17.1 Å². The average molecular weight is 523 g/mol. The van der Waals surface area contributed by atoms with Gasteiger partial charge in [-0.2, -0.15) is 5.26 Å². The van der Waals surface area contributed by atoms with Gasteiger partial charge in [0.15, 0.2) is 5.69 Å². The first-order valence-corrected chi connectivity index (χ1v) is 12.9. The largest absolute Gasteiger partial charge is 0.496 e. The van der Waals surface area contributed by atoms with Crippen molar-refractivity contribution < 1.29 is 13.9 Å². The van der Waals surface area contributed by atoms with Gasteiger partial charge in [0.05, 0.1) is 18.3 Å². The maximum Gasteiger partial charge on any atom is 0.270 e. The smallest absolute Gasteiger partial charge is 0.270 e. The molecule has 1 aliphatic heterocycles. The first kappa shape index (κ1) is 24.5. The number of carbonyl (C=O) groups excluding carboxylic acids is 1. The third kappa shape index (κ3) is 4.14. The van der Waals surface area contributed by atoms with Gasteiger partial charge >= 0.3 is 0 Å².